The molecule has 2 heterocycles. The summed E-state index contributed by atoms with van der Waals surface area (Å²) in [6, 6.07) is 2.16. The van der Waals surface area contributed by atoms with Gasteiger partial charge in [-0.1, -0.05) is 0 Å². The van der Waals surface area contributed by atoms with E-state index in [1.165, 1.54) is 5.56 Å². The van der Waals surface area contributed by atoms with E-state index in [-0.39, 0.29) is 24.0 Å². The molecule has 0 aliphatic carbocycles. The second-order valence-corrected chi connectivity index (χ2v) is 6.99. The molecule has 0 spiro atoms. The summed E-state index contributed by atoms with van der Waals surface area (Å²) >= 11 is 1.73. The van der Waals surface area contributed by atoms with Crippen LogP contribution in [-0.2, 0) is 16.0 Å². The fourth-order valence-electron chi connectivity index (χ4n) is 2.72. The van der Waals surface area contributed by atoms with Crippen molar-refractivity contribution in [2.45, 2.75) is 32.7 Å². The van der Waals surface area contributed by atoms with Gasteiger partial charge in [0.2, 0.25) is 0 Å². The second kappa shape index (κ2) is 13.8. The first-order valence-corrected chi connectivity index (χ1v) is 9.90. The molecule has 0 saturated carbocycles. The minimum absolute atomic E-state index is 0. The number of aliphatic imine (C=N–C) groups is 1. The Hall–Kier alpha value is -0.380. The second-order valence-electron chi connectivity index (χ2n) is 6.21. The first kappa shape index (κ1) is 22.7. The molecule has 1 fully saturated rings. The van der Waals surface area contributed by atoms with Crippen molar-refractivity contribution in [2.75, 3.05) is 46.6 Å². The summed E-state index contributed by atoms with van der Waals surface area (Å²) in [5.74, 6) is 1.64. The third-order valence-electron chi connectivity index (χ3n) is 4.10. The van der Waals surface area contributed by atoms with Crippen LogP contribution in [0.2, 0.25) is 0 Å². The molecule has 1 aliphatic heterocycles. The SMILES string of the molecule is CCNC(=NCCCOCC1CCOCC1)N(C)Cc1ccsc1.I. The minimum atomic E-state index is 0. The third-order valence-corrected chi connectivity index (χ3v) is 4.83. The molecule has 2 rings (SSSR count). The largest absolute Gasteiger partial charge is 0.381 e. The van der Waals surface area contributed by atoms with E-state index in [0.717, 1.165) is 71.3 Å². The Labute approximate surface area is 173 Å². The number of nitrogens with zero attached hydrogens (tertiary/aromatic N) is 2. The summed E-state index contributed by atoms with van der Waals surface area (Å²) in [4.78, 5) is 6.89. The van der Waals surface area contributed by atoms with Crippen LogP contribution in [0.1, 0.15) is 31.7 Å². The molecule has 1 saturated heterocycles. The van der Waals surface area contributed by atoms with Crippen LogP contribution < -0.4 is 5.32 Å². The molecule has 144 valence electrons. The predicted octanol–water partition coefficient (Wildman–Crippen LogP) is 3.60. The normalized spacial score (nSPS) is 15.7. The van der Waals surface area contributed by atoms with E-state index in [1.54, 1.807) is 11.3 Å². The summed E-state index contributed by atoms with van der Waals surface area (Å²) in [5.41, 5.74) is 1.33. The van der Waals surface area contributed by atoms with Crippen LogP contribution in [0.4, 0.5) is 0 Å². The molecule has 1 aromatic heterocycles. The highest BCUT2D eigenvalue weighted by Gasteiger charge is 2.13. The van der Waals surface area contributed by atoms with Crippen LogP contribution in [0.3, 0.4) is 0 Å². The van der Waals surface area contributed by atoms with Crippen LogP contribution in [0.15, 0.2) is 21.8 Å². The molecule has 0 amide bonds. The number of thiophene rings is 1. The van der Waals surface area contributed by atoms with E-state index in [2.05, 4.69) is 41.0 Å². The standard InChI is InChI=1S/C18H31N3O2S.HI/c1-3-19-18(21(2)13-17-7-12-24-15-17)20-8-4-9-23-14-16-5-10-22-11-6-16;/h7,12,15-16H,3-6,8-11,13-14H2,1-2H3,(H,19,20);1H. The van der Waals surface area contributed by atoms with E-state index in [0.29, 0.717) is 5.92 Å². The maximum absolute atomic E-state index is 5.80. The van der Waals surface area contributed by atoms with E-state index in [9.17, 15) is 0 Å². The molecule has 1 aliphatic rings. The van der Waals surface area contributed by atoms with Gasteiger partial charge in [0, 0.05) is 53.1 Å². The maximum Gasteiger partial charge on any atom is 0.193 e. The van der Waals surface area contributed by atoms with Gasteiger partial charge in [-0.2, -0.15) is 11.3 Å². The van der Waals surface area contributed by atoms with Crippen LogP contribution in [0.25, 0.3) is 0 Å². The Morgan fingerprint density at radius 1 is 1.44 bits per heavy atom. The van der Waals surface area contributed by atoms with Gasteiger partial charge in [0.25, 0.3) is 0 Å². The lowest BCUT2D eigenvalue weighted by Gasteiger charge is -2.22. The summed E-state index contributed by atoms with van der Waals surface area (Å²) < 4.78 is 11.2. The average molecular weight is 481 g/mol. The zero-order chi connectivity index (χ0) is 17.0. The average Bonchev–Trinajstić information content (AvgIpc) is 3.10. The summed E-state index contributed by atoms with van der Waals surface area (Å²) in [5, 5.41) is 7.66. The van der Waals surface area contributed by atoms with Crippen molar-refractivity contribution in [1.29, 1.82) is 0 Å². The van der Waals surface area contributed by atoms with Crippen LogP contribution in [0, 0.1) is 5.92 Å². The molecule has 7 heteroatoms. The van der Waals surface area contributed by atoms with Gasteiger partial charge < -0.3 is 19.7 Å². The molecule has 0 aromatic carbocycles. The van der Waals surface area contributed by atoms with Crippen LogP contribution in [-0.4, -0.2) is 57.4 Å². The van der Waals surface area contributed by atoms with Gasteiger partial charge in [-0.15, -0.1) is 24.0 Å². The number of nitrogens with one attached hydrogen (secondary N) is 1. The van der Waals surface area contributed by atoms with Gasteiger partial charge in [-0.3, -0.25) is 4.99 Å². The minimum Gasteiger partial charge on any atom is -0.381 e. The lowest BCUT2D eigenvalue weighted by atomic mass is 10.0. The summed E-state index contributed by atoms with van der Waals surface area (Å²) in [7, 11) is 2.08. The van der Waals surface area contributed by atoms with Crippen LogP contribution >= 0.6 is 35.3 Å². The molecular formula is C18H32IN3O2S. The molecule has 0 radical (unpaired) electrons. The number of guanidine groups is 1. The highest BCUT2D eigenvalue weighted by Crippen LogP contribution is 2.14. The van der Waals surface area contributed by atoms with Crippen molar-refractivity contribution >= 4 is 41.3 Å². The number of ether oxygens (including phenoxy) is 2. The lowest BCUT2D eigenvalue weighted by molar-refractivity contribution is 0.0205. The molecule has 0 bridgehead atoms. The topological polar surface area (TPSA) is 46.1 Å². The van der Waals surface area contributed by atoms with Crippen molar-refractivity contribution in [3.05, 3.63) is 22.4 Å². The molecule has 0 unspecified atom stereocenters. The van der Waals surface area contributed by atoms with Crippen molar-refractivity contribution in [3.63, 3.8) is 0 Å². The van der Waals surface area contributed by atoms with E-state index in [1.807, 2.05) is 0 Å². The molecule has 1 N–H and O–H groups in total. The fraction of sp³-hybridized carbons (Fsp3) is 0.722. The maximum atomic E-state index is 5.80. The highest BCUT2D eigenvalue weighted by molar-refractivity contribution is 14.0. The first-order chi connectivity index (χ1) is 11.8. The smallest absolute Gasteiger partial charge is 0.193 e. The highest BCUT2D eigenvalue weighted by atomic mass is 127. The Bertz CT molecular complexity index is 465. The van der Waals surface area contributed by atoms with Gasteiger partial charge in [0.15, 0.2) is 5.96 Å². The summed E-state index contributed by atoms with van der Waals surface area (Å²) in [6.45, 7) is 8.10. The van der Waals surface area contributed by atoms with Gasteiger partial charge in [0.05, 0.1) is 0 Å². The molecule has 25 heavy (non-hydrogen) atoms. The Balaban J connectivity index is 0.00000312. The van der Waals surface area contributed by atoms with Crippen LogP contribution in [0.5, 0.6) is 0 Å². The van der Waals surface area contributed by atoms with Crippen molar-refractivity contribution in [2.24, 2.45) is 10.9 Å². The first-order valence-electron chi connectivity index (χ1n) is 8.95. The number of halogens is 1. The van der Waals surface area contributed by atoms with Gasteiger partial charge in [0.1, 0.15) is 0 Å². The predicted molar refractivity (Wildman–Crippen MR) is 116 cm³/mol. The van der Waals surface area contributed by atoms with Crippen molar-refractivity contribution < 1.29 is 9.47 Å². The Kier molecular flexibility index (Phi) is 12.5. The molecular weight excluding hydrogens is 449 g/mol. The van der Waals surface area contributed by atoms with Crippen molar-refractivity contribution in [1.82, 2.24) is 10.2 Å². The van der Waals surface area contributed by atoms with E-state index >= 15 is 0 Å². The van der Waals surface area contributed by atoms with E-state index < -0.39 is 0 Å². The monoisotopic (exact) mass is 481 g/mol. The number of hydrogen-bond acceptors (Lipinski definition) is 4. The van der Waals surface area contributed by atoms with Gasteiger partial charge in [-0.05, 0) is 54.5 Å². The Morgan fingerprint density at radius 3 is 2.92 bits per heavy atom. The number of hydrogen-bond donors (Lipinski definition) is 1. The zero-order valence-corrected chi connectivity index (χ0v) is 18.6. The Morgan fingerprint density at radius 2 is 2.24 bits per heavy atom. The third kappa shape index (κ3) is 9.21. The molecule has 1 aromatic rings. The zero-order valence-electron chi connectivity index (χ0n) is 15.4. The van der Waals surface area contributed by atoms with Gasteiger partial charge >= 0.3 is 0 Å². The fourth-order valence-corrected chi connectivity index (χ4v) is 3.38. The number of rotatable bonds is 9. The van der Waals surface area contributed by atoms with Gasteiger partial charge in [-0.25, -0.2) is 0 Å². The van der Waals surface area contributed by atoms with Crippen molar-refractivity contribution in [3.8, 4) is 0 Å². The van der Waals surface area contributed by atoms with E-state index in [4.69, 9.17) is 14.5 Å². The lowest BCUT2D eigenvalue weighted by Crippen LogP contribution is -2.38. The summed E-state index contributed by atoms with van der Waals surface area (Å²) in [6.07, 6.45) is 3.23. The quantitative estimate of drug-likeness (QED) is 0.254. The molecule has 0 atom stereocenters. The molecule has 5 nitrogen and oxygen atoms in total.